The van der Waals surface area contributed by atoms with Crippen LogP contribution in [0.15, 0.2) is 30.3 Å². The molecule has 0 spiro atoms. The maximum Gasteiger partial charge on any atom is 0.274 e. The fraction of sp³-hybridized carbons (Fsp3) is 0.444. The molecule has 1 heterocycles. The summed E-state index contributed by atoms with van der Waals surface area (Å²) in [5, 5.41) is 16.6. The molecule has 0 aliphatic carbocycles. The third kappa shape index (κ3) is 4.20. The quantitative estimate of drug-likeness (QED) is 0.818. The van der Waals surface area contributed by atoms with Crippen LogP contribution in [0.25, 0.3) is 0 Å². The molecular weight excluding hydrogens is 309 g/mol. The van der Waals surface area contributed by atoms with E-state index in [1.165, 1.54) is 12.1 Å². The number of amides is 1. The Hall–Kier alpha value is -2.21. The van der Waals surface area contributed by atoms with Gasteiger partial charge < -0.3 is 10.0 Å². The third-order valence-corrected chi connectivity index (χ3v) is 4.09. The highest BCUT2D eigenvalue weighted by Gasteiger charge is 2.25. The summed E-state index contributed by atoms with van der Waals surface area (Å²) in [6.07, 6.45) is 0.616. The van der Waals surface area contributed by atoms with Crippen LogP contribution in [0, 0.1) is 5.82 Å². The Bertz CT molecular complexity index is 663. The lowest BCUT2D eigenvalue weighted by Crippen LogP contribution is -2.41. The maximum absolute atomic E-state index is 13.1. The molecule has 24 heavy (non-hydrogen) atoms. The Morgan fingerprint density at radius 2 is 2.00 bits per heavy atom. The summed E-state index contributed by atoms with van der Waals surface area (Å²) < 4.78 is 13.1. The van der Waals surface area contributed by atoms with Crippen molar-refractivity contribution in [1.29, 1.82) is 0 Å². The number of halogens is 1. The van der Waals surface area contributed by atoms with Gasteiger partial charge in [0.2, 0.25) is 0 Å². The number of H-pyrrole nitrogens is 1. The molecule has 0 fully saturated rings. The van der Waals surface area contributed by atoms with E-state index in [9.17, 15) is 14.3 Å². The molecule has 1 atom stereocenters. The van der Waals surface area contributed by atoms with Crippen LogP contribution >= 0.6 is 0 Å². The topological polar surface area (TPSA) is 69.2 Å². The summed E-state index contributed by atoms with van der Waals surface area (Å²) in [6.45, 7) is 6.10. The first-order valence-electron chi connectivity index (χ1n) is 8.17. The second-order valence-electron chi connectivity index (χ2n) is 6.17. The first kappa shape index (κ1) is 18.1. The van der Waals surface area contributed by atoms with Crippen molar-refractivity contribution in [2.45, 2.75) is 45.7 Å². The van der Waals surface area contributed by atoms with E-state index in [4.69, 9.17) is 0 Å². The second kappa shape index (κ2) is 8.06. The van der Waals surface area contributed by atoms with Crippen LogP contribution in [0.2, 0.25) is 0 Å². The molecule has 1 amide bonds. The molecule has 0 saturated carbocycles. The van der Waals surface area contributed by atoms with Crippen LogP contribution in [-0.4, -0.2) is 38.8 Å². The monoisotopic (exact) mass is 333 g/mol. The lowest BCUT2D eigenvalue weighted by atomic mass is 10.1. The van der Waals surface area contributed by atoms with Crippen molar-refractivity contribution in [3.63, 3.8) is 0 Å². The number of aromatic amines is 1. The van der Waals surface area contributed by atoms with Gasteiger partial charge in [-0.2, -0.15) is 5.10 Å². The van der Waals surface area contributed by atoms with E-state index in [1.807, 2.05) is 20.8 Å². The van der Waals surface area contributed by atoms with Gasteiger partial charge in [-0.1, -0.05) is 32.9 Å². The van der Waals surface area contributed by atoms with E-state index in [0.717, 1.165) is 11.3 Å². The summed E-state index contributed by atoms with van der Waals surface area (Å²) in [5.74, 6) is -0.326. The Labute approximate surface area is 141 Å². The highest BCUT2D eigenvalue weighted by Crippen LogP contribution is 2.18. The van der Waals surface area contributed by atoms with E-state index in [-0.39, 0.29) is 30.3 Å². The molecule has 0 saturated heterocycles. The van der Waals surface area contributed by atoms with Crippen molar-refractivity contribution in [1.82, 2.24) is 15.1 Å². The zero-order valence-corrected chi connectivity index (χ0v) is 14.3. The van der Waals surface area contributed by atoms with Crippen LogP contribution in [0.4, 0.5) is 4.39 Å². The smallest absolute Gasteiger partial charge is 0.274 e. The first-order valence-corrected chi connectivity index (χ1v) is 8.17. The van der Waals surface area contributed by atoms with Gasteiger partial charge >= 0.3 is 0 Å². The SMILES string of the molecule is CC[C@@H](CO)N(Cc1ccc(F)cc1)C(=O)c1cc(C(C)C)[nH]n1. The molecule has 0 radical (unpaired) electrons. The Morgan fingerprint density at radius 3 is 2.50 bits per heavy atom. The summed E-state index contributed by atoms with van der Waals surface area (Å²) in [4.78, 5) is 14.5. The summed E-state index contributed by atoms with van der Waals surface area (Å²) in [6, 6.07) is 7.44. The van der Waals surface area contributed by atoms with Gasteiger partial charge in [-0.05, 0) is 36.1 Å². The average molecular weight is 333 g/mol. The van der Waals surface area contributed by atoms with E-state index in [1.54, 1.807) is 23.1 Å². The molecule has 5 nitrogen and oxygen atoms in total. The molecule has 0 aliphatic heterocycles. The molecule has 130 valence electrons. The highest BCUT2D eigenvalue weighted by molar-refractivity contribution is 5.92. The zero-order valence-electron chi connectivity index (χ0n) is 14.3. The normalized spacial score (nSPS) is 12.4. The average Bonchev–Trinajstić information content (AvgIpc) is 3.06. The minimum absolute atomic E-state index is 0.134. The molecule has 2 aromatic rings. The fourth-order valence-electron chi connectivity index (χ4n) is 2.49. The second-order valence-corrected chi connectivity index (χ2v) is 6.17. The fourth-order valence-corrected chi connectivity index (χ4v) is 2.49. The number of nitrogens with zero attached hydrogens (tertiary/aromatic N) is 2. The van der Waals surface area contributed by atoms with Crippen LogP contribution in [0.3, 0.4) is 0 Å². The van der Waals surface area contributed by atoms with E-state index >= 15 is 0 Å². The number of hydrogen-bond donors (Lipinski definition) is 2. The standard InChI is InChI=1S/C18H24FN3O2/c1-4-15(11-23)22(10-13-5-7-14(19)8-6-13)18(24)17-9-16(12(2)3)20-21-17/h5-9,12,15,23H,4,10-11H2,1-3H3,(H,20,21)/t15-/m0/s1. The number of aromatic nitrogens is 2. The Kier molecular flexibility index (Phi) is 6.09. The number of benzene rings is 1. The van der Waals surface area contributed by atoms with Crippen molar-refractivity contribution in [3.8, 4) is 0 Å². The van der Waals surface area contributed by atoms with Gasteiger partial charge in [0.25, 0.3) is 5.91 Å². The molecule has 2 rings (SSSR count). The predicted molar refractivity (Wildman–Crippen MR) is 90.1 cm³/mol. The molecule has 0 bridgehead atoms. The molecule has 2 N–H and O–H groups in total. The Morgan fingerprint density at radius 1 is 1.33 bits per heavy atom. The predicted octanol–water partition coefficient (Wildman–Crippen LogP) is 3.09. The van der Waals surface area contributed by atoms with Gasteiger partial charge in [0.1, 0.15) is 11.5 Å². The number of hydrogen-bond acceptors (Lipinski definition) is 3. The van der Waals surface area contributed by atoms with Crippen LogP contribution in [0.1, 0.15) is 54.9 Å². The minimum atomic E-state index is -0.320. The van der Waals surface area contributed by atoms with Gasteiger partial charge in [0.15, 0.2) is 0 Å². The molecule has 1 aromatic carbocycles. The number of aliphatic hydroxyl groups is 1. The third-order valence-electron chi connectivity index (χ3n) is 4.09. The lowest BCUT2D eigenvalue weighted by molar-refractivity contribution is 0.0558. The lowest BCUT2D eigenvalue weighted by Gasteiger charge is -2.29. The van der Waals surface area contributed by atoms with Crippen LogP contribution in [0.5, 0.6) is 0 Å². The molecule has 0 aliphatic rings. The first-order chi connectivity index (χ1) is 11.5. The van der Waals surface area contributed by atoms with Crippen molar-refractivity contribution < 1.29 is 14.3 Å². The molecule has 0 unspecified atom stereocenters. The van der Waals surface area contributed by atoms with E-state index < -0.39 is 0 Å². The minimum Gasteiger partial charge on any atom is -0.394 e. The number of carbonyl (C=O) groups is 1. The number of aliphatic hydroxyl groups excluding tert-OH is 1. The summed E-state index contributed by atoms with van der Waals surface area (Å²) in [5.41, 5.74) is 2.01. The molecule has 6 heteroatoms. The van der Waals surface area contributed by atoms with Crippen molar-refractivity contribution in [2.75, 3.05) is 6.61 Å². The maximum atomic E-state index is 13.1. The van der Waals surface area contributed by atoms with Gasteiger partial charge in [0, 0.05) is 12.2 Å². The number of rotatable bonds is 7. The van der Waals surface area contributed by atoms with E-state index in [2.05, 4.69) is 10.2 Å². The van der Waals surface area contributed by atoms with Crippen LogP contribution < -0.4 is 0 Å². The number of carbonyl (C=O) groups excluding carboxylic acids is 1. The van der Waals surface area contributed by atoms with Crippen molar-refractivity contribution in [2.24, 2.45) is 0 Å². The van der Waals surface area contributed by atoms with Crippen LogP contribution in [-0.2, 0) is 6.54 Å². The van der Waals surface area contributed by atoms with Gasteiger partial charge in [-0.15, -0.1) is 0 Å². The highest BCUT2D eigenvalue weighted by atomic mass is 19.1. The number of nitrogens with one attached hydrogen (secondary N) is 1. The summed E-state index contributed by atoms with van der Waals surface area (Å²) in [7, 11) is 0. The molecular formula is C18H24FN3O2. The Balaban J connectivity index is 2.26. The van der Waals surface area contributed by atoms with Crippen molar-refractivity contribution >= 4 is 5.91 Å². The van der Waals surface area contributed by atoms with E-state index in [0.29, 0.717) is 18.7 Å². The largest absolute Gasteiger partial charge is 0.394 e. The van der Waals surface area contributed by atoms with Gasteiger partial charge in [-0.3, -0.25) is 9.89 Å². The van der Waals surface area contributed by atoms with Crippen molar-refractivity contribution in [3.05, 3.63) is 53.1 Å². The zero-order chi connectivity index (χ0) is 17.7. The van der Waals surface area contributed by atoms with Gasteiger partial charge in [-0.25, -0.2) is 4.39 Å². The summed E-state index contributed by atoms with van der Waals surface area (Å²) >= 11 is 0. The van der Waals surface area contributed by atoms with Gasteiger partial charge in [0.05, 0.1) is 12.6 Å². The molecule has 1 aromatic heterocycles.